The second kappa shape index (κ2) is 8.44. The van der Waals surface area contributed by atoms with Gasteiger partial charge in [0, 0.05) is 11.4 Å². The lowest BCUT2D eigenvalue weighted by Gasteiger charge is -2.23. The molecule has 5 nitrogen and oxygen atoms in total. The molecule has 0 bridgehead atoms. The number of amides is 2. The van der Waals surface area contributed by atoms with E-state index < -0.39 is 6.04 Å². The minimum absolute atomic E-state index is 0.135. The zero-order valence-corrected chi connectivity index (χ0v) is 15.2. The molecule has 2 aromatic rings. The zero-order valence-electron chi connectivity index (χ0n) is 15.2. The van der Waals surface area contributed by atoms with Crippen LogP contribution in [0.25, 0.3) is 0 Å². The van der Waals surface area contributed by atoms with Gasteiger partial charge in [0.05, 0.1) is 12.6 Å². The minimum Gasteiger partial charge on any atom is -0.325 e. The van der Waals surface area contributed by atoms with E-state index in [2.05, 4.69) is 10.6 Å². The third kappa shape index (κ3) is 5.43. The molecular formula is C20H25N3O2. The molecule has 2 amide bonds. The van der Waals surface area contributed by atoms with Gasteiger partial charge in [0.25, 0.3) is 0 Å². The predicted octanol–water partition coefficient (Wildman–Crippen LogP) is 3.20. The van der Waals surface area contributed by atoms with Gasteiger partial charge in [-0.3, -0.25) is 14.5 Å². The molecule has 0 spiro atoms. The van der Waals surface area contributed by atoms with Gasteiger partial charge in [0.15, 0.2) is 0 Å². The van der Waals surface area contributed by atoms with Crippen LogP contribution in [0.4, 0.5) is 11.4 Å². The Morgan fingerprint density at radius 2 is 1.64 bits per heavy atom. The lowest BCUT2D eigenvalue weighted by Crippen LogP contribution is -2.43. The summed E-state index contributed by atoms with van der Waals surface area (Å²) in [7, 11) is 1.76. The first-order chi connectivity index (χ1) is 11.9. The van der Waals surface area contributed by atoms with Gasteiger partial charge in [-0.1, -0.05) is 35.9 Å². The zero-order chi connectivity index (χ0) is 18.4. The largest absolute Gasteiger partial charge is 0.325 e. The van der Waals surface area contributed by atoms with E-state index in [9.17, 15) is 9.59 Å². The number of hydrogen-bond donors (Lipinski definition) is 2. The van der Waals surface area contributed by atoms with E-state index in [0.29, 0.717) is 0 Å². The summed E-state index contributed by atoms with van der Waals surface area (Å²) < 4.78 is 0. The normalized spacial score (nSPS) is 11.9. The summed E-state index contributed by atoms with van der Waals surface area (Å²) in [5.41, 5.74) is 3.68. The highest BCUT2D eigenvalue weighted by molar-refractivity contribution is 5.96. The van der Waals surface area contributed by atoms with Crippen molar-refractivity contribution in [1.29, 1.82) is 0 Å². The summed E-state index contributed by atoms with van der Waals surface area (Å²) in [6, 6.07) is 14.8. The van der Waals surface area contributed by atoms with Crippen LogP contribution in [0, 0.1) is 13.8 Å². The fourth-order valence-corrected chi connectivity index (χ4v) is 2.35. The Balaban J connectivity index is 1.89. The highest BCUT2D eigenvalue weighted by Gasteiger charge is 2.20. The molecule has 0 heterocycles. The van der Waals surface area contributed by atoms with Crippen molar-refractivity contribution in [3.63, 3.8) is 0 Å². The van der Waals surface area contributed by atoms with Gasteiger partial charge in [-0.25, -0.2) is 0 Å². The van der Waals surface area contributed by atoms with Gasteiger partial charge in [-0.05, 0) is 51.6 Å². The van der Waals surface area contributed by atoms with E-state index in [1.54, 1.807) is 18.9 Å². The van der Waals surface area contributed by atoms with E-state index in [4.69, 9.17) is 0 Å². The Kier molecular flexibility index (Phi) is 6.31. The number of aryl methyl sites for hydroxylation is 2. The summed E-state index contributed by atoms with van der Waals surface area (Å²) in [6.07, 6.45) is 0. The van der Waals surface area contributed by atoms with E-state index in [0.717, 1.165) is 22.5 Å². The van der Waals surface area contributed by atoms with Crippen LogP contribution in [-0.4, -0.2) is 36.3 Å². The Bertz CT molecular complexity index is 741. The van der Waals surface area contributed by atoms with E-state index >= 15 is 0 Å². The second-order valence-electron chi connectivity index (χ2n) is 6.31. The number of carbonyl (C=O) groups is 2. The van der Waals surface area contributed by atoms with Crippen molar-refractivity contribution in [2.75, 3.05) is 24.2 Å². The Hall–Kier alpha value is -2.66. The van der Waals surface area contributed by atoms with Crippen LogP contribution in [0.2, 0.25) is 0 Å². The molecule has 0 saturated heterocycles. The van der Waals surface area contributed by atoms with Crippen molar-refractivity contribution in [2.45, 2.75) is 26.8 Å². The van der Waals surface area contributed by atoms with Crippen LogP contribution in [0.5, 0.6) is 0 Å². The molecule has 0 aromatic heterocycles. The molecule has 1 atom stereocenters. The maximum Gasteiger partial charge on any atom is 0.241 e. The molecule has 0 saturated carbocycles. The maximum atomic E-state index is 12.4. The lowest BCUT2D eigenvalue weighted by atomic mass is 10.2. The fraction of sp³-hybridized carbons (Fsp3) is 0.300. The van der Waals surface area contributed by atoms with E-state index in [1.165, 1.54) is 0 Å². The number of anilines is 2. The molecule has 0 radical (unpaired) electrons. The van der Waals surface area contributed by atoms with Gasteiger partial charge in [0.1, 0.15) is 0 Å². The SMILES string of the molecule is Cc1ccc(NC(=O)CN(C)C(C)C(=O)Nc2ccccc2C)cc1. The average molecular weight is 339 g/mol. The summed E-state index contributed by atoms with van der Waals surface area (Å²) in [4.78, 5) is 26.3. The van der Waals surface area contributed by atoms with Crippen molar-refractivity contribution in [3.8, 4) is 0 Å². The van der Waals surface area contributed by atoms with Crippen LogP contribution in [0.1, 0.15) is 18.1 Å². The smallest absolute Gasteiger partial charge is 0.241 e. The quantitative estimate of drug-likeness (QED) is 0.849. The molecule has 2 aromatic carbocycles. The van der Waals surface area contributed by atoms with Crippen molar-refractivity contribution < 1.29 is 9.59 Å². The molecule has 25 heavy (non-hydrogen) atoms. The molecule has 132 valence electrons. The standard InChI is InChI=1S/C20H25N3O2/c1-14-9-11-17(12-10-14)21-19(24)13-23(4)16(3)20(25)22-18-8-6-5-7-15(18)2/h5-12,16H,13H2,1-4H3,(H,21,24)(H,22,25). The number of nitrogens with zero attached hydrogens (tertiary/aromatic N) is 1. The highest BCUT2D eigenvalue weighted by atomic mass is 16.2. The summed E-state index contributed by atoms with van der Waals surface area (Å²) in [5, 5.41) is 5.75. The number of rotatable bonds is 6. The minimum atomic E-state index is -0.427. The number of nitrogens with one attached hydrogen (secondary N) is 2. The van der Waals surface area contributed by atoms with E-state index in [-0.39, 0.29) is 18.4 Å². The Morgan fingerprint density at radius 3 is 2.28 bits per heavy atom. The molecule has 2 rings (SSSR count). The summed E-state index contributed by atoms with van der Waals surface area (Å²) in [5.74, 6) is -0.290. The van der Waals surface area contributed by atoms with Crippen molar-refractivity contribution >= 4 is 23.2 Å². The van der Waals surface area contributed by atoms with E-state index in [1.807, 2.05) is 62.4 Å². The molecule has 0 fully saturated rings. The maximum absolute atomic E-state index is 12.4. The predicted molar refractivity (Wildman–Crippen MR) is 102 cm³/mol. The van der Waals surface area contributed by atoms with Crippen LogP contribution in [0.3, 0.4) is 0 Å². The third-order valence-electron chi connectivity index (χ3n) is 4.17. The molecule has 5 heteroatoms. The molecule has 0 aliphatic rings. The average Bonchev–Trinajstić information content (AvgIpc) is 2.58. The first kappa shape index (κ1) is 18.7. The lowest BCUT2D eigenvalue weighted by molar-refractivity contribution is -0.122. The second-order valence-corrected chi connectivity index (χ2v) is 6.31. The number of likely N-dealkylation sites (N-methyl/N-ethyl adjacent to an activating group) is 1. The topological polar surface area (TPSA) is 61.4 Å². The first-order valence-corrected chi connectivity index (χ1v) is 8.30. The van der Waals surface area contributed by atoms with Crippen LogP contribution >= 0.6 is 0 Å². The van der Waals surface area contributed by atoms with Gasteiger partial charge in [-0.15, -0.1) is 0 Å². The number of hydrogen-bond acceptors (Lipinski definition) is 3. The van der Waals surface area contributed by atoms with Gasteiger partial charge in [0.2, 0.25) is 11.8 Å². The van der Waals surface area contributed by atoms with Crippen molar-refractivity contribution in [2.24, 2.45) is 0 Å². The van der Waals surface area contributed by atoms with Crippen molar-refractivity contribution in [3.05, 3.63) is 59.7 Å². The highest BCUT2D eigenvalue weighted by Crippen LogP contribution is 2.14. The van der Waals surface area contributed by atoms with Crippen LogP contribution in [-0.2, 0) is 9.59 Å². The molecule has 0 aliphatic carbocycles. The van der Waals surface area contributed by atoms with Gasteiger partial charge in [-0.2, -0.15) is 0 Å². The Morgan fingerprint density at radius 1 is 1.00 bits per heavy atom. The number of benzene rings is 2. The van der Waals surface area contributed by atoms with Crippen LogP contribution in [0.15, 0.2) is 48.5 Å². The summed E-state index contributed by atoms with van der Waals surface area (Å²) in [6.45, 7) is 5.86. The third-order valence-corrected chi connectivity index (χ3v) is 4.17. The van der Waals surface area contributed by atoms with Crippen LogP contribution < -0.4 is 10.6 Å². The number of para-hydroxylation sites is 1. The molecule has 0 aliphatic heterocycles. The summed E-state index contributed by atoms with van der Waals surface area (Å²) >= 11 is 0. The fourth-order valence-electron chi connectivity index (χ4n) is 2.35. The molecular weight excluding hydrogens is 314 g/mol. The Labute approximate surface area is 149 Å². The number of carbonyl (C=O) groups excluding carboxylic acids is 2. The molecule has 1 unspecified atom stereocenters. The first-order valence-electron chi connectivity index (χ1n) is 8.30. The van der Waals surface area contributed by atoms with Crippen molar-refractivity contribution in [1.82, 2.24) is 4.90 Å². The molecule has 2 N–H and O–H groups in total. The van der Waals surface area contributed by atoms with Gasteiger partial charge < -0.3 is 10.6 Å². The monoisotopic (exact) mass is 339 g/mol. The van der Waals surface area contributed by atoms with Gasteiger partial charge >= 0.3 is 0 Å².